The third-order valence-electron chi connectivity index (χ3n) is 6.10. The van der Waals surface area contributed by atoms with Crippen LogP contribution in [0.1, 0.15) is 62.2 Å². The van der Waals surface area contributed by atoms with Crippen LogP contribution >= 0.6 is 0 Å². The zero-order valence-corrected chi connectivity index (χ0v) is 18.4. The van der Waals surface area contributed by atoms with Gasteiger partial charge >= 0.3 is 0 Å². The van der Waals surface area contributed by atoms with Crippen molar-refractivity contribution >= 4 is 9.84 Å². The number of rotatable bonds is 9. The van der Waals surface area contributed by atoms with E-state index in [0.29, 0.717) is 24.9 Å². The van der Waals surface area contributed by atoms with E-state index in [-0.39, 0.29) is 10.9 Å². The molecule has 0 aliphatic heterocycles. The lowest BCUT2D eigenvalue weighted by Gasteiger charge is -2.25. The molecule has 1 N–H and O–H groups in total. The molecule has 0 amide bonds. The second-order valence-corrected chi connectivity index (χ2v) is 11.0. The van der Waals surface area contributed by atoms with Crippen molar-refractivity contribution in [1.29, 1.82) is 0 Å². The van der Waals surface area contributed by atoms with Gasteiger partial charge in [-0.2, -0.15) is 0 Å². The van der Waals surface area contributed by atoms with Crippen molar-refractivity contribution < 1.29 is 8.42 Å². The van der Waals surface area contributed by atoms with E-state index in [1.165, 1.54) is 32.1 Å². The lowest BCUT2D eigenvalue weighted by atomic mass is 9.89. The van der Waals surface area contributed by atoms with Gasteiger partial charge in [0, 0.05) is 25.0 Å². The standard InChI is InChI=1S/C21H33N5O2S/c1-16-10-22-20(24-16)14-25(2)13-19-11-23-21(29(27,28)15-18-8-9-18)26(19)12-17-6-4-3-5-7-17/h10-11,17-18H,3-9,12-15H2,1-2H3,(H,22,24). The van der Waals surface area contributed by atoms with Crippen LogP contribution in [-0.2, 0) is 29.5 Å². The molecular formula is C21H33N5O2S. The van der Waals surface area contributed by atoms with Crippen LogP contribution in [0.2, 0.25) is 0 Å². The third kappa shape index (κ3) is 5.28. The number of nitrogens with zero attached hydrogens (tertiary/aromatic N) is 4. The molecule has 7 nitrogen and oxygen atoms in total. The predicted molar refractivity (Wildman–Crippen MR) is 112 cm³/mol. The van der Waals surface area contributed by atoms with E-state index in [0.717, 1.165) is 36.6 Å². The minimum Gasteiger partial charge on any atom is -0.345 e. The lowest BCUT2D eigenvalue weighted by molar-refractivity contribution is 0.279. The number of sulfone groups is 1. The first-order chi connectivity index (χ1) is 13.9. The summed E-state index contributed by atoms with van der Waals surface area (Å²) < 4.78 is 28.1. The van der Waals surface area contributed by atoms with E-state index >= 15 is 0 Å². The Labute approximate surface area is 173 Å². The van der Waals surface area contributed by atoms with Crippen LogP contribution in [0.25, 0.3) is 0 Å². The zero-order valence-electron chi connectivity index (χ0n) is 17.6. The van der Waals surface area contributed by atoms with Crippen LogP contribution < -0.4 is 0 Å². The average Bonchev–Trinajstić information content (AvgIpc) is 3.24. The number of hydrogen-bond acceptors (Lipinski definition) is 5. The molecule has 0 unspecified atom stereocenters. The highest BCUT2D eigenvalue weighted by Gasteiger charge is 2.33. The summed E-state index contributed by atoms with van der Waals surface area (Å²) in [6.45, 7) is 4.10. The highest BCUT2D eigenvalue weighted by atomic mass is 32.2. The lowest BCUT2D eigenvalue weighted by Crippen LogP contribution is -2.24. The molecule has 0 radical (unpaired) electrons. The van der Waals surface area contributed by atoms with Crippen LogP contribution in [0.5, 0.6) is 0 Å². The summed E-state index contributed by atoms with van der Waals surface area (Å²) in [7, 11) is -1.30. The van der Waals surface area contributed by atoms with Gasteiger partial charge in [-0.25, -0.2) is 18.4 Å². The molecule has 0 spiro atoms. The minimum absolute atomic E-state index is 0.246. The number of hydrogen-bond donors (Lipinski definition) is 1. The molecule has 2 fully saturated rings. The van der Waals surface area contributed by atoms with E-state index < -0.39 is 9.84 Å². The Balaban J connectivity index is 1.54. The maximum atomic E-state index is 13.0. The molecule has 4 rings (SSSR count). The predicted octanol–water partition coefficient (Wildman–Crippen LogP) is 3.31. The van der Waals surface area contributed by atoms with Gasteiger partial charge in [0.2, 0.25) is 15.0 Å². The van der Waals surface area contributed by atoms with Gasteiger partial charge in [-0.15, -0.1) is 0 Å². The Hall–Kier alpha value is -1.67. The molecule has 0 atom stereocenters. The summed E-state index contributed by atoms with van der Waals surface area (Å²) >= 11 is 0. The number of aromatic nitrogens is 4. The monoisotopic (exact) mass is 419 g/mol. The van der Waals surface area contributed by atoms with Crippen LogP contribution in [-0.4, -0.2) is 45.6 Å². The summed E-state index contributed by atoms with van der Waals surface area (Å²) in [5.41, 5.74) is 2.03. The first kappa shape index (κ1) is 20.6. The molecule has 2 heterocycles. The number of nitrogens with one attached hydrogen (secondary N) is 1. The van der Waals surface area contributed by atoms with Crippen LogP contribution in [0.15, 0.2) is 17.6 Å². The third-order valence-corrected chi connectivity index (χ3v) is 7.90. The second kappa shape index (κ2) is 8.60. The van der Waals surface area contributed by atoms with Crippen molar-refractivity contribution in [3.05, 3.63) is 29.6 Å². The molecule has 160 valence electrons. The highest BCUT2D eigenvalue weighted by molar-refractivity contribution is 7.91. The number of H-pyrrole nitrogens is 1. The van der Waals surface area contributed by atoms with E-state index in [1.54, 1.807) is 6.20 Å². The Morgan fingerprint density at radius 1 is 1.07 bits per heavy atom. The quantitative estimate of drug-likeness (QED) is 0.674. The van der Waals surface area contributed by atoms with E-state index in [1.807, 2.05) is 24.7 Å². The van der Waals surface area contributed by atoms with Crippen molar-refractivity contribution in [3.8, 4) is 0 Å². The van der Waals surface area contributed by atoms with Gasteiger partial charge in [-0.1, -0.05) is 19.3 Å². The summed E-state index contributed by atoms with van der Waals surface area (Å²) in [4.78, 5) is 14.2. The van der Waals surface area contributed by atoms with Crippen molar-refractivity contribution in [2.75, 3.05) is 12.8 Å². The van der Waals surface area contributed by atoms with E-state index in [9.17, 15) is 8.42 Å². The summed E-state index contributed by atoms with van der Waals surface area (Å²) in [6.07, 6.45) is 11.8. The number of aromatic amines is 1. The molecule has 2 aromatic rings. The molecule has 2 aliphatic rings. The summed E-state index contributed by atoms with van der Waals surface area (Å²) in [5, 5.41) is 0.284. The molecule has 8 heteroatoms. The van der Waals surface area contributed by atoms with Gasteiger partial charge < -0.3 is 9.55 Å². The summed E-state index contributed by atoms with van der Waals surface area (Å²) in [5.74, 6) is 2.04. The van der Waals surface area contributed by atoms with Crippen molar-refractivity contribution in [1.82, 2.24) is 24.4 Å². The topological polar surface area (TPSA) is 83.9 Å². The molecular weight excluding hydrogens is 386 g/mol. The Morgan fingerprint density at radius 2 is 1.83 bits per heavy atom. The Morgan fingerprint density at radius 3 is 2.48 bits per heavy atom. The molecule has 0 saturated heterocycles. The smallest absolute Gasteiger partial charge is 0.227 e. The Kier molecular flexibility index (Phi) is 6.11. The van der Waals surface area contributed by atoms with Gasteiger partial charge in [-0.3, -0.25) is 4.90 Å². The van der Waals surface area contributed by atoms with Gasteiger partial charge in [0.25, 0.3) is 0 Å². The zero-order chi connectivity index (χ0) is 20.4. The SMILES string of the molecule is Cc1cnc(CN(C)Cc2cnc(S(=O)(=O)CC3CC3)n2CC2CCCCC2)[nH]1. The normalized spacial score (nSPS) is 18.6. The van der Waals surface area contributed by atoms with Gasteiger partial charge in [0.05, 0.1) is 24.2 Å². The fourth-order valence-electron chi connectivity index (χ4n) is 4.39. The molecule has 0 bridgehead atoms. The van der Waals surface area contributed by atoms with Crippen molar-refractivity contribution in [3.63, 3.8) is 0 Å². The first-order valence-corrected chi connectivity index (χ1v) is 12.5. The molecule has 2 aromatic heterocycles. The van der Waals surface area contributed by atoms with E-state index in [2.05, 4.69) is 19.9 Å². The van der Waals surface area contributed by atoms with Crippen LogP contribution in [0.3, 0.4) is 0 Å². The van der Waals surface area contributed by atoms with Crippen LogP contribution in [0.4, 0.5) is 0 Å². The van der Waals surface area contributed by atoms with Gasteiger partial charge in [0.1, 0.15) is 5.82 Å². The Bertz CT molecular complexity index is 923. The maximum Gasteiger partial charge on any atom is 0.227 e. The average molecular weight is 420 g/mol. The van der Waals surface area contributed by atoms with Crippen molar-refractivity contribution in [2.24, 2.45) is 11.8 Å². The maximum absolute atomic E-state index is 13.0. The van der Waals surface area contributed by atoms with E-state index in [4.69, 9.17) is 0 Å². The molecule has 2 aliphatic carbocycles. The molecule has 0 aromatic carbocycles. The second-order valence-electron chi connectivity index (χ2n) is 9.06. The largest absolute Gasteiger partial charge is 0.345 e. The van der Waals surface area contributed by atoms with Crippen molar-refractivity contribution in [2.45, 2.75) is 76.7 Å². The van der Waals surface area contributed by atoms with Crippen LogP contribution in [0, 0.1) is 18.8 Å². The number of aryl methyl sites for hydroxylation is 1. The highest BCUT2D eigenvalue weighted by Crippen LogP contribution is 2.33. The molecule has 2 saturated carbocycles. The summed E-state index contributed by atoms with van der Waals surface area (Å²) in [6, 6.07) is 0. The first-order valence-electron chi connectivity index (χ1n) is 10.9. The van der Waals surface area contributed by atoms with Gasteiger partial charge in [0.15, 0.2) is 0 Å². The number of imidazole rings is 2. The fraction of sp³-hybridized carbons (Fsp3) is 0.714. The molecule has 29 heavy (non-hydrogen) atoms. The van der Waals surface area contributed by atoms with Gasteiger partial charge in [-0.05, 0) is 51.5 Å². The minimum atomic E-state index is -3.33. The fourth-order valence-corrected chi connectivity index (χ4v) is 6.24.